The van der Waals surface area contributed by atoms with Crippen LogP contribution in [0.3, 0.4) is 0 Å². The number of hydrogen-bond acceptors (Lipinski definition) is 4. The molecule has 0 radical (unpaired) electrons. The summed E-state index contributed by atoms with van der Waals surface area (Å²) in [7, 11) is 1.61. The normalized spacial score (nSPS) is 10.4. The van der Waals surface area contributed by atoms with E-state index in [0.717, 1.165) is 17.0 Å². The average Bonchev–Trinajstić information content (AvgIpc) is 2.55. The molecule has 0 aliphatic carbocycles. The molecule has 0 aliphatic rings. The van der Waals surface area contributed by atoms with Crippen LogP contribution in [0.5, 0.6) is 5.75 Å². The summed E-state index contributed by atoms with van der Waals surface area (Å²) in [6.45, 7) is 2.20. The number of rotatable bonds is 6. The van der Waals surface area contributed by atoms with Gasteiger partial charge < -0.3 is 15.2 Å². The van der Waals surface area contributed by atoms with Crippen molar-refractivity contribution in [2.75, 3.05) is 13.7 Å². The maximum Gasteiger partial charge on any atom is 0.251 e. The zero-order valence-electron chi connectivity index (χ0n) is 13.1. The van der Waals surface area contributed by atoms with Crippen LogP contribution in [0, 0.1) is 6.92 Å². The van der Waals surface area contributed by atoms with E-state index in [9.17, 15) is 9.90 Å². The van der Waals surface area contributed by atoms with E-state index in [-0.39, 0.29) is 12.5 Å². The van der Waals surface area contributed by atoms with E-state index < -0.39 is 0 Å². The van der Waals surface area contributed by atoms with Gasteiger partial charge in [-0.25, -0.2) is 4.98 Å². The monoisotopic (exact) mass is 378 g/mol. The van der Waals surface area contributed by atoms with Crippen LogP contribution in [0.15, 0.2) is 34.9 Å². The summed E-state index contributed by atoms with van der Waals surface area (Å²) in [4.78, 5) is 16.8. The summed E-state index contributed by atoms with van der Waals surface area (Å²) in [5.41, 5.74) is 2.97. The highest BCUT2D eigenvalue weighted by Crippen LogP contribution is 2.21. The Hall–Kier alpha value is -1.92. The molecule has 0 unspecified atom stereocenters. The molecule has 5 nitrogen and oxygen atoms in total. The fourth-order valence-electron chi connectivity index (χ4n) is 2.23. The van der Waals surface area contributed by atoms with Gasteiger partial charge in [0.1, 0.15) is 10.4 Å². The number of aromatic nitrogens is 1. The topological polar surface area (TPSA) is 71.5 Å². The van der Waals surface area contributed by atoms with Gasteiger partial charge in [-0.3, -0.25) is 4.79 Å². The molecule has 6 heteroatoms. The number of hydrogen-bond donors (Lipinski definition) is 2. The number of methoxy groups -OCH3 is 1. The van der Waals surface area contributed by atoms with E-state index in [4.69, 9.17) is 4.74 Å². The van der Waals surface area contributed by atoms with Crippen LogP contribution in [0.1, 0.15) is 27.2 Å². The van der Waals surface area contributed by atoms with Crippen molar-refractivity contribution in [3.05, 3.63) is 57.3 Å². The second-order valence-corrected chi connectivity index (χ2v) is 5.84. The van der Waals surface area contributed by atoms with Crippen molar-refractivity contribution in [2.45, 2.75) is 19.9 Å². The quantitative estimate of drug-likeness (QED) is 0.757. The minimum absolute atomic E-state index is 0.0396. The molecule has 0 bridgehead atoms. The molecule has 122 valence electrons. The second-order valence-electron chi connectivity index (χ2n) is 5.08. The van der Waals surface area contributed by atoms with Crippen molar-refractivity contribution in [1.82, 2.24) is 10.3 Å². The Balaban J connectivity index is 2.13. The zero-order chi connectivity index (χ0) is 16.8. The number of carbonyl (C=O) groups is 1. The van der Waals surface area contributed by atoms with E-state index in [2.05, 4.69) is 26.2 Å². The van der Waals surface area contributed by atoms with E-state index in [1.807, 2.05) is 31.2 Å². The molecule has 2 rings (SSSR count). The fourth-order valence-corrected chi connectivity index (χ4v) is 2.93. The minimum Gasteiger partial charge on any atom is -0.497 e. The van der Waals surface area contributed by atoms with Gasteiger partial charge in [-0.1, -0.05) is 12.1 Å². The number of aliphatic hydroxyl groups is 1. The number of carbonyl (C=O) groups excluding carboxylic acids is 1. The molecule has 0 fully saturated rings. The van der Waals surface area contributed by atoms with E-state index in [1.54, 1.807) is 13.2 Å². The first-order valence-electron chi connectivity index (χ1n) is 7.23. The lowest BCUT2D eigenvalue weighted by atomic mass is 10.1. The molecular weight excluding hydrogens is 360 g/mol. The number of benzene rings is 1. The van der Waals surface area contributed by atoms with Crippen molar-refractivity contribution in [2.24, 2.45) is 0 Å². The lowest BCUT2D eigenvalue weighted by Gasteiger charge is -2.12. The van der Waals surface area contributed by atoms with Gasteiger partial charge in [-0.15, -0.1) is 0 Å². The predicted octanol–water partition coefficient (Wildman–Crippen LogP) is 2.63. The van der Waals surface area contributed by atoms with Crippen LogP contribution in [0.4, 0.5) is 0 Å². The van der Waals surface area contributed by atoms with Crippen molar-refractivity contribution < 1.29 is 14.6 Å². The number of pyridine rings is 1. The number of ether oxygens (including phenoxy) is 1. The van der Waals surface area contributed by atoms with Gasteiger partial charge in [0.05, 0.1) is 7.11 Å². The van der Waals surface area contributed by atoms with Crippen LogP contribution >= 0.6 is 15.9 Å². The standard InChI is InChI=1S/C17H19BrN2O3/c1-11-9-15(14(7-8-21)16(18)20-11)17(22)19-10-12-3-5-13(23-2)6-4-12/h3-6,9,21H,7-8,10H2,1-2H3,(H,19,22). The van der Waals surface area contributed by atoms with Gasteiger partial charge in [-0.05, 0) is 58.6 Å². The van der Waals surface area contributed by atoms with Gasteiger partial charge >= 0.3 is 0 Å². The van der Waals surface area contributed by atoms with Crippen molar-refractivity contribution in [1.29, 1.82) is 0 Å². The third kappa shape index (κ3) is 4.53. The van der Waals surface area contributed by atoms with Gasteiger partial charge in [0.2, 0.25) is 0 Å². The second kappa shape index (κ2) is 8.08. The Labute approximate surface area is 143 Å². The van der Waals surface area contributed by atoms with Crippen LogP contribution < -0.4 is 10.1 Å². The highest BCUT2D eigenvalue weighted by molar-refractivity contribution is 9.10. The Morgan fingerprint density at radius 1 is 1.35 bits per heavy atom. The Morgan fingerprint density at radius 3 is 2.65 bits per heavy atom. The molecule has 1 aromatic heterocycles. The van der Waals surface area contributed by atoms with Gasteiger partial charge in [0, 0.05) is 24.4 Å². The summed E-state index contributed by atoms with van der Waals surface area (Å²) in [6.07, 6.45) is 0.374. The Bertz CT molecular complexity index is 687. The molecule has 0 saturated heterocycles. The van der Waals surface area contributed by atoms with E-state index in [1.165, 1.54) is 0 Å². The molecule has 2 aromatic rings. The SMILES string of the molecule is COc1ccc(CNC(=O)c2cc(C)nc(Br)c2CCO)cc1. The molecule has 0 atom stereocenters. The largest absolute Gasteiger partial charge is 0.497 e. The van der Waals surface area contributed by atoms with Crippen LogP contribution in [-0.2, 0) is 13.0 Å². The van der Waals surface area contributed by atoms with Gasteiger partial charge in [0.25, 0.3) is 5.91 Å². The number of nitrogens with one attached hydrogen (secondary N) is 1. The third-order valence-corrected chi connectivity index (χ3v) is 4.08. The highest BCUT2D eigenvalue weighted by atomic mass is 79.9. The molecule has 0 aliphatic heterocycles. The molecule has 0 saturated carbocycles. The summed E-state index contributed by atoms with van der Waals surface area (Å²) in [5.74, 6) is 0.592. The van der Waals surface area contributed by atoms with E-state index in [0.29, 0.717) is 28.7 Å². The van der Waals surface area contributed by atoms with Crippen molar-refractivity contribution in [3.63, 3.8) is 0 Å². The summed E-state index contributed by atoms with van der Waals surface area (Å²) < 4.78 is 5.71. The molecule has 1 aromatic carbocycles. The fraction of sp³-hybridized carbons (Fsp3) is 0.294. The van der Waals surface area contributed by atoms with Crippen molar-refractivity contribution >= 4 is 21.8 Å². The predicted molar refractivity (Wildman–Crippen MR) is 91.6 cm³/mol. The smallest absolute Gasteiger partial charge is 0.251 e. The van der Waals surface area contributed by atoms with Gasteiger partial charge in [-0.2, -0.15) is 0 Å². The Morgan fingerprint density at radius 2 is 2.04 bits per heavy atom. The van der Waals surface area contributed by atoms with Crippen LogP contribution in [0.25, 0.3) is 0 Å². The summed E-state index contributed by atoms with van der Waals surface area (Å²) in [5, 5.41) is 12.1. The molecule has 2 N–H and O–H groups in total. The first-order valence-corrected chi connectivity index (χ1v) is 8.02. The van der Waals surface area contributed by atoms with Gasteiger partial charge in [0.15, 0.2) is 0 Å². The van der Waals surface area contributed by atoms with Crippen LogP contribution in [-0.4, -0.2) is 29.7 Å². The maximum atomic E-state index is 12.5. The van der Waals surface area contributed by atoms with Crippen molar-refractivity contribution in [3.8, 4) is 5.75 Å². The molecule has 0 spiro atoms. The average molecular weight is 379 g/mol. The summed E-state index contributed by atoms with van der Waals surface area (Å²) >= 11 is 3.36. The number of aliphatic hydroxyl groups excluding tert-OH is 1. The Kier molecular flexibility index (Phi) is 6.12. The molecule has 23 heavy (non-hydrogen) atoms. The number of halogens is 1. The first kappa shape index (κ1) is 17.4. The zero-order valence-corrected chi connectivity index (χ0v) is 14.7. The summed E-state index contributed by atoms with van der Waals surface area (Å²) in [6, 6.07) is 9.25. The minimum atomic E-state index is -0.185. The number of amides is 1. The number of nitrogens with zero attached hydrogens (tertiary/aromatic N) is 1. The lowest BCUT2D eigenvalue weighted by molar-refractivity contribution is 0.0949. The molecule has 1 amide bonds. The van der Waals surface area contributed by atoms with Crippen LogP contribution in [0.2, 0.25) is 0 Å². The third-order valence-electron chi connectivity index (χ3n) is 3.42. The van der Waals surface area contributed by atoms with E-state index >= 15 is 0 Å². The first-order chi connectivity index (χ1) is 11.0. The number of aryl methyl sites for hydroxylation is 1. The maximum absolute atomic E-state index is 12.5. The lowest BCUT2D eigenvalue weighted by Crippen LogP contribution is -2.25. The molecule has 1 heterocycles. The molecular formula is C17H19BrN2O3. The highest BCUT2D eigenvalue weighted by Gasteiger charge is 2.15.